The first-order valence-electron chi connectivity index (χ1n) is 2.81. The van der Waals surface area contributed by atoms with Gasteiger partial charge in [-0.25, -0.2) is 9.97 Å². The fourth-order valence-corrected chi connectivity index (χ4v) is 0.524. The SMILES string of the molecule is Nc1nccnc1OC(F)(F)F. The Kier molecular flexibility index (Phi) is 2.03. The Labute approximate surface area is 65.2 Å². The number of hydrogen-bond donors (Lipinski definition) is 1. The van der Waals surface area contributed by atoms with E-state index in [4.69, 9.17) is 5.73 Å². The molecule has 1 aromatic rings. The number of hydrogen-bond acceptors (Lipinski definition) is 4. The molecule has 0 amide bonds. The van der Waals surface area contributed by atoms with E-state index in [2.05, 4.69) is 14.7 Å². The van der Waals surface area contributed by atoms with E-state index in [9.17, 15) is 13.2 Å². The van der Waals surface area contributed by atoms with Crippen LogP contribution in [0.5, 0.6) is 5.88 Å². The van der Waals surface area contributed by atoms with Gasteiger partial charge >= 0.3 is 6.36 Å². The fourth-order valence-electron chi connectivity index (χ4n) is 0.524. The van der Waals surface area contributed by atoms with Crippen LogP contribution >= 0.6 is 0 Å². The number of alkyl halides is 3. The highest BCUT2D eigenvalue weighted by molar-refractivity contribution is 5.38. The molecule has 2 N–H and O–H groups in total. The lowest BCUT2D eigenvalue weighted by molar-refractivity contribution is -0.275. The van der Waals surface area contributed by atoms with E-state index >= 15 is 0 Å². The summed E-state index contributed by atoms with van der Waals surface area (Å²) in [5.41, 5.74) is 5.03. The van der Waals surface area contributed by atoms with Crippen LogP contribution in [0.3, 0.4) is 0 Å². The van der Waals surface area contributed by atoms with Gasteiger partial charge in [0.05, 0.1) is 0 Å². The fraction of sp³-hybridized carbons (Fsp3) is 0.200. The van der Waals surface area contributed by atoms with Crippen molar-refractivity contribution < 1.29 is 17.9 Å². The third-order valence-electron chi connectivity index (χ3n) is 0.904. The minimum absolute atomic E-state index is 0.394. The third kappa shape index (κ3) is 2.26. The maximum Gasteiger partial charge on any atom is 0.574 e. The Morgan fingerprint density at radius 3 is 2.33 bits per heavy atom. The summed E-state index contributed by atoms with van der Waals surface area (Å²) < 4.78 is 38.2. The summed E-state index contributed by atoms with van der Waals surface area (Å²) in [6.07, 6.45) is -2.57. The molecule has 0 bridgehead atoms. The molecule has 0 spiro atoms. The van der Waals surface area contributed by atoms with Gasteiger partial charge in [-0.15, -0.1) is 13.2 Å². The Bertz CT molecular complexity index is 275. The van der Waals surface area contributed by atoms with Crippen molar-refractivity contribution in [3.8, 4) is 5.88 Å². The number of nitrogen functional groups attached to an aromatic ring is 1. The van der Waals surface area contributed by atoms with Crippen molar-refractivity contribution in [1.29, 1.82) is 0 Å². The molecule has 0 aliphatic carbocycles. The Balaban J connectivity index is 2.83. The first-order chi connectivity index (χ1) is 5.49. The lowest BCUT2D eigenvalue weighted by atomic mass is 10.6. The smallest absolute Gasteiger partial charge is 0.384 e. The third-order valence-corrected chi connectivity index (χ3v) is 0.904. The van der Waals surface area contributed by atoms with Gasteiger partial charge in [-0.1, -0.05) is 0 Å². The van der Waals surface area contributed by atoms with Crippen molar-refractivity contribution in [2.45, 2.75) is 6.36 Å². The van der Waals surface area contributed by atoms with Crippen LogP contribution in [0.25, 0.3) is 0 Å². The number of nitrogens with two attached hydrogens (primary N) is 1. The second-order valence-corrected chi connectivity index (χ2v) is 1.79. The van der Waals surface area contributed by atoms with Crippen molar-refractivity contribution in [2.24, 2.45) is 0 Å². The molecule has 1 aromatic heterocycles. The molecule has 0 saturated heterocycles. The molecular formula is C5H4F3N3O. The number of anilines is 1. The Morgan fingerprint density at radius 1 is 1.25 bits per heavy atom. The number of nitrogens with zero attached hydrogens (tertiary/aromatic N) is 2. The van der Waals surface area contributed by atoms with Crippen LogP contribution in [0.2, 0.25) is 0 Å². The van der Waals surface area contributed by atoms with E-state index in [1.54, 1.807) is 0 Å². The molecule has 0 radical (unpaired) electrons. The van der Waals surface area contributed by atoms with Crippen LogP contribution in [0, 0.1) is 0 Å². The molecule has 0 aliphatic rings. The largest absolute Gasteiger partial charge is 0.574 e. The van der Waals surface area contributed by atoms with Gasteiger partial charge in [-0.05, 0) is 0 Å². The zero-order valence-electron chi connectivity index (χ0n) is 5.67. The van der Waals surface area contributed by atoms with Gasteiger partial charge in [0.1, 0.15) is 0 Å². The first-order valence-corrected chi connectivity index (χ1v) is 2.81. The van der Waals surface area contributed by atoms with Crippen LogP contribution < -0.4 is 10.5 Å². The average molecular weight is 179 g/mol. The van der Waals surface area contributed by atoms with Crippen molar-refractivity contribution in [3.05, 3.63) is 12.4 Å². The second-order valence-electron chi connectivity index (χ2n) is 1.79. The van der Waals surface area contributed by atoms with Crippen LogP contribution in [0.15, 0.2) is 12.4 Å². The molecular weight excluding hydrogens is 175 g/mol. The molecule has 0 atom stereocenters. The van der Waals surface area contributed by atoms with Crippen LogP contribution in [-0.4, -0.2) is 16.3 Å². The number of aromatic nitrogens is 2. The summed E-state index contributed by atoms with van der Waals surface area (Å²) in [6.45, 7) is 0. The van der Waals surface area contributed by atoms with Crippen LogP contribution in [0.1, 0.15) is 0 Å². The molecule has 1 rings (SSSR count). The zero-order chi connectivity index (χ0) is 9.19. The van der Waals surface area contributed by atoms with Gasteiger partial charge in [0.2, 0.25) is 0 Å². The van der Waals surface area contributed by atoms with Crippen molar-refractivity contribution in [2.75, 3.05) is 5.73 Å². The van der Waals surface area contributed by atoms with Crippen molar-refractivity contribution in [3.63, 3.8) is 0 Å². The van der Waals surface area contributed by atoms with Gasteiger partial charge in [-0.3, -0.25) is 0 Å². The lowest BCUT2D eigenvalue weighted by Gasteiger charge is -2.07. The first kappa shape index (κ1) is 8.57. The molecule has 4 nitrogen and oxygen atoms in total. The summed E-state index contributed by atoms with van der Waals surface area (Å²) in [5, 5.41) is 0. The summed E-state index contributed by atoms with van der Waals surface area (Å²) in [5.74, 6) is -1.13. The van der Waals surface area contributed by atoms with Crippen LogP contribution in [0.4, 0.5) is 19.0 Å². The average Bonchev–Trinajstić information content (AvgIpc) is 1.91. The van der Waals surface area contributed by atoms with Gasteiger partial charge in [0.15, 0.2) is 5.82 Å². The summed E-state index contributed by atoms with van der Waals surface area (Å²) in [6, 6.07) is 0. The van der Waals surface area contributed by atoms with Crippen molar-refractivity contribution in [1.82, 2.24) is 9.97 Å². The second kappa shape index (κ2) is 2.84. The molecule has 0 fully saturated rings. The molecule has 0 aliphatic heterocycles. The monoisotopic (exact) mass is 179 g/mol. The highest BCUT2D eigenvalue weighted by Crippen LogP contribution is 2.23. The highest BCUT2D eigenvalue weighted by Gasteiger charge is 2.32. The van der Waals surface area contributed by atoms with E-state index in [-0.39, 0.29) is 0 Å². The predicted molar refractivity (Wildman–Crippen MR) is 33.1 cm³/mol. The standard InChI is InChI=1S/C5H4F3N3O/c6-5(7,8)12-4-3(9)10-1-2-11-4/h1-2H,(H2,9,10). The zero-order valence-corrected chi connectivity index (χ0v) is 5.67. The van der Waals surface area contributed by atoms with Crippen LogP contribution in [-0.2, 0) is 0 Å². The normalized spacial score (nSPS) is 11.2. The summed E-state index contributed by atoms with van der Waals surface area (Å²) >= 11 is 0. The van der Waals surface area contributed by atoms with E-state index < -0.39 is 18.1 Å². The molecule has 12 heavy (non-hydrogen) atoms. The van der Waals surface area contributed by atoms with Gasteiger partial charge in [-0.2, -0.15) is 0 Å². The number of halogens is 3. The lowest BCUT2D eigenvalue weighted by Crippen LogP contribution is -2.19. The molecule has 0 aromatic carbocycles. The molecule has 66 valence electrons. The van der Waals surface area contributed by atoms with Gasteiger partial charge < -0.3 is 10.5 Å². The highest BCUT2D eigenvalue weighted by atomic mass is 19.4. The van der Waals surface area contributed by atoms with Gasteiger partial charge in [0.25, 0.3) is 5.88 Å². The predicted octanol–water partition coefficient (Wildman–Crippen LogP) is 0.957. The minimum Gasteiger partial charge on any atom is -0.384 e. The summed E-state index contributed by atoms with van der Waals surface area (Å²) in [4.78, 5) is 6.59. The number of rotatable bonds is 1. The van der Waals surface area contributed by atoms with E-state index in [1.807, 2.05) is 0 Å². The maximum atomic E-state index is 11.6. The van der Waals surface area contributed by atoms with E-state index in [1.165, 1.54) is 6.20 Å². The Morgan fingerprint density at radius 2 is 1.83 bits per heavy atom. The molecule has 0 saturated carbocycles. The summed E-state index contributed by atoms with van der Waals surface area (Å²) in [7, 11) is 0. The quantitative estimate of drug-likeness (QED) is 0.697. The van der Waals surface area contributed by atoms with E-state index in [0.29, 0.717) is 0 Å². The minimum atomic E-state index is -4.79. The Hall–Kier alpha value is -1.53. The molecule has 0 unspecified atom stereocenters. The molecule has 7 heteroatoms. The maximum absolute atomic E-state index is 11.6. The van der Waals surface area contributed by atoms with Gasteiger partial charge in [0, 0.05) is 12.4 Å². The van der Waals surface area contributed by atoms with Crippen molar-refractivity contribution >= 4 is 5.82 Å². The topological polar surface area (TPSA) is 61.0 Å². The van der Waals surface area contributed by atoms with E-state index in [0.717, 1.165) is 6.20 Å². The molecule has 1 heterocycles. The number of ether oxygens (including phenoxy) is 1.